The fourth-order valence-corrected chi connectivity index (χ4v) is 4.77. The predicted octanol–water partition coefficient (Wildman–Crippen LogP) is 4.03. The second-order valence-corrected chi connectivity index (χ2v) is 9.51. The number of hydrogen-bond acceptors (Lipinski definition) is 5. The lowest BCUT2D eigenvalue weighted by molar-refractivity contribution is -0.107. The molecule has 33 heavy (non-hydrogen) atoms. The van der Waals surface area contributed by atoms with Crippen LogP contribution in [0.15, 0.2) is 71.8 Å². The second-order valence-electron chi connectivity index (χ2n) is 7.83. The zero-order chi connectivity index (χ0) is 23.0. The fraction of sp³-hybridized carbons (Fsp3) is 0.125. The lowest BCUT2D eigenvalue weighted by Crippen LogP contribution is -2.24. The van der Waals surface area contributed by atoms with E-state index in [4.69, 9.17) is 5.26 Å². The SMILES string of the molecule is N#Cc1ccc(S(=O)(=O)Nc2ccc(-c3cc(N(C=O)C4CC4)nc4[nH]ccc34)cc2)cc1. The summed E-state index contributed by atoms with van der Waals surface area (Å²) in [7, 11) is -3.79. The van der Waals surface area contributed by atoms with Crippen LogP contribution in [0.4, 0.5) is 11.5 Å². The molecule has 8 nitrogen and oxygen atoms in total. The molecular weight excluding hydrogens is 438 g/mol. The van der Waals surface area contributed by atoms with E-state index in [2.05, 4.69) is 14.7 Å². The summed E-state index contributed by atoms with van der Waals surface area (Å²) in [4.78, 5) is 21.1. The van der Waals surface area contributed by atoms with Crippen molar-refractivity contribution in [1.82, 2.24) is 9.97 Å². The fourth-order valence-electron chi connectivity index (χ4n) is 3.72. The van der Waals surface area contributed by atoms with E-state index in [1.807, 2.05) is 30.3 Å². The molecule has 0 unspecified atom stereocenters. The van der Waals surface area contributed by atoms with Gasteiger partial charge in [0.1, 0.15) is 11.5 Å². The number of nitrogens with one attached hydrogen (secondary N) is 2. The van der Waals surface area contributed by atoms with Crippen LogP contribution in [0.5, 0.6) is 0 Å². The highest BCUT2D eigenvalue weighted by Gasteiger charge is 2.30. The zero-order valence-corrected chi connectivity index (χ0v) is 18.2. The van der Waals surface area contributed by atoms with Gasteiger partial charge in [0.05, 0.1) is 16.5 Å². The number of amides is 1. The van der Waals surface area contributed by atoms with Crippen LogP contribution < -0.4 is 9.62 Å². The first-order chi connectivity index (χ1) is 16.0. The second kappa shape index (κ2) is 8.07. The molecule has 164 valence electrons. The van der Waals surface area contributed by atoms with Crippen molar-refractivity contribution in [3.8, 4) is 17.2 Å². The molecule has 0 atom stereocenters. The van der Waals surface area contributed by atoms with E-state index in [0.717, 1.165) is 35.8 Å². The lowest BCUT2D eigenvalue weighted by Gasteiger charge is -2.17. The van der Waals surface area contributed by atoms with Crippen molar-refractivity contribution in [2.75, 3.05) is 9.62 Å². The smallest absolute Gasteiger partial charge is 0.261 e. The number of anilines is 2. The van der Waals surface area contributed by atoms with Gasteiger partial charge in [0.2, 0.25) is 6.41 Å². The first kappa shape index (κ1) is 20.7. The highest BCUT2D eigenvalue weighted by molar-refractivity contribution is 7.92. The van der Waals surface area contributed by atoms with Crippen molar-refractivity contribution in [2.24, 2.45) is 0 Å². The number of H-pyrrole nitrogens is 1. The minimum absolute atomic E-state index is 0.0763. The van der Waals surface area contributed by atoms with Gasteiger partial charge in [0.15, 0.2) is 0 Å². The molecule has 1 amide bonds. The summed E-state index contributed by atoms with van der Waals surface area (Å²) in [6.07, 6.45) is 4.55. The average Bonchev–Trinajstić information content (AvgIpc) is 3.55. The number of aromatic nitrogens is 2. The maximum atomic E-state index is 12.7. The number of carbonyl (C=O) groups is 1. The number of nitrogens with zero attached hydrogens (tertiary/aromatic N) is 3. The Morgan fingerprint density at radius 3 is 2.45 bits per heavy atom. The summed E-state index contributed by atoms with van der Waals surface area (Å²) in [6.45, 7) is 0. The van der Waals surface area contributed by atoms with Crippen molar-refractivity contribution in [2.45, 2.75) is 23.8 Å². The number of benzene rings is 2. The van der Waals surface area contributed by atoms with Gasteiger partial charge in [-0.15, -0.1) is 0 Å². The van der Waals surface area contributed by atoms with Gasteiger partial charge in [-0.25, -0.2) is 13.4 Å². The normalized spacial score (nSPS) is 13.4. The third-order valence-electron chi connectivity index (χ3n) is 5.58. The van der Waals surface area contributed by atoms with E-state index < -0.39 is 10.0 Å². The van der Waals surface area contributed by atoms with Crippen LogP contribution in [-0.2, 0) is 14.8 Å². The Bertz CT molecular complexity index is 1480. The molecule has 1 saturated carbocycles. The summed E-state index contributed by atoms with van der Waals surface area (Å²) in [6, 6.07) is 18.7. The van der Waals surface area contributed by atoms with Crippen molar-refractivity contribution in [3.63, 3.8) is 0 Å². The number of nitriles is 1. The Balaban J connectivity index is 1.45. The van der Waals surface area contributed by atoms with Gasteiger partial charge in [-0.2, -0.15) is 5.26 Å². The molecule has 1 aliphatic carbocycles. The molecule has 0 spiro atoms. The van der Waals surface area contributed by atoms with Crippen molar-refractivity contribution in [3.05, 3.63) is 72.4 Å². The molecule has 2 aromatic heterocycles. The molecule has 2 heterocycles. The molecule has 0 bridgehead atoms. The number of aromatic amines is 1. The van der Waals surface area contributed by atoms with Crippen molar-refractivity contribution in [1.29, 1.82) is 5.26 Å². The quantitative estimate of drug-likeness (QED) is 0.406. The zero-order valence-electron chi connectivity index (χ0n) is 17.4. The molecule has 0 radical (unpaired) electrons. The number of rotatable bonds is 7. The van der Waals surface area contributed by atoms with Gasteiger partial charge in [-0.05, 0) is 72.5 Å². The summed E-state index contributed by atoms with van der Waals surface area (Å²) in [5, 5.41) is 9.80. The van der Waals surface area contributed by atoms with Gasteiger partial charge in [0.25, 0.3) is 10.0 Å². The number of fused-ring (bicyclic) bond motifs is 1. The minimum atomic E-state index is -3.79. The first-order valence-electron chi connectivity index (χ1n) is 10.3. The van der Waals surface area contributed by atoms with E-state index in [9.17, 15) is 13.2 Å². The maximum absolute atomic E-state index is 12.7. The number of hydrogen-bond donors (Lipinski definition) is 2. The van der Waals surface area contributed by atoms with Gasteiger partial charge in [0, 0.05) is 23.3 Å². The van der Waals surface area contributed by atoms with Crippen LogP contribution in [0.25, 0.3) is 22.2 Å². The highest BCUT2D eigenvalue weighted by atomic mass is 32.2. The molecule has 0 saturated heterocycles. The molecular formula is C24H19N5O3S. The largest absolute Gasteiger partial charge is 0.346 e. The van der Waals surface area contributed by atoms with E-state index >= 15 is 0 Å². The first-order valence-corrected chi connectivity index (χ1v) is 11.8. The Morgan fingerprint density at radius 1 is 1.09 bits per heavy atom. The molecule has 1 aliphatic rings. The van der Waals surface area contributed by atoms with E-state index in [0.29, 0.717) is 22.7 Å². The maximum Gasteiger partial charge on any atom is 0.261 e. The standard InChI is InChI=1S/C24H19N5O3S/c25-14-16-1-9-20(10-2-16)33(31,32)28-18-5-3-17(4-6-18)22-13-23(29(15-30)19-7-8-19)27-24-21(22)11-12-26-24/h1-6,9-13,15,19,28H,7-8H2,(H,26,27). The minimum Gasteiger partial charge on any atom is -0.346 e. The lowest BCUT2D eigenvalue weighted by atomic mass is 10.0. The van der Waals surface area contributed by atoms with Crippen LogP contribution in [0, 0.1) is 11.3 Å². The van der Waals surface area contributed by atoms with E-state index in [1.165, 1.54) is 24.3 Å². The van der Waals surface area contributed by atoms with Crippen molar-refractivity contribution >= 4 is 39.0 Å². The van der Waals surface area contributed by atoms with Crippen LogP contribution in [-0.4, -0.2) is 30.8 Å². The van der Waals surface area contributed by atoms with Crippen LogP contribution in [0.1, 0.15) is 18.4 Å². The highest BCUT2D eigenvalue weighted by Crippen LogP contribution is 2.35. The molecule has 1 fully saturated rings. The summed E-state index contributed by atoms with van der Waals surface area (Å²) >= 11 is 0. The van der Waals surface area contributed by atoms with E-state index in [-0.39, 0.29) is 10.9 Å². The predicted molar refractivity (Wildman–Crippen MR) is 125 cm³/mol. The molecule has 9 heteroatoms. The molecule has 2 aromatic carbocycles. The topological polar surface area (TPSA) is 119 Å². The van der Waals surface area contributed by atoms with Gasteiger partial charge < -0.3 is 4.98 Å². The molecule has 2 N–H and O–H groups in total. The molecule has 4 aromatic rings. The van der Waals surface area contributed by atoms with Crippen molar-refractivity contribution < 1.29 is 13.2 Å². The van der Waals surface area contributed by atoms with Crippen LogP contribution in [0.3, 0.4) is 0 Å². The number of sulfonamides is 1. The van der Waals surface area contributed by atoms with Crippen LogP contribution in [0.2, 0.25) is 0 Å². The van der Waals surface area contributed by atoms with Gasteiger partial charge >= 0.3 is 0 Å². The number of pyridine rings is 1. The molecule has 5 rings (SSSR count). The number of carbonyl (C=O) groups excluding carboxylic acids is 1. The Hall–Kier alpha value is -4.16. The van der Waals surface area contributed by atoms with Gasteiger partial charge in [-0.3, -0.25) is 14.4 Å². The Kier molecular flexibility index (Phi) is 5.07. The molecule has 0 aliphatic heterocycles. The Labute approximate surface area is 190 Å². The summed E-state index contributed by atoms with van der Waals surface area (Å²) in [5.41, 5.74) is 3.24. The van der Waals surface area contributed by atoms with Gasteiger partial charge in [-0.1, -0.05) is 12.1 Å². The summed E-state index contributed by atoms with van der Waals surface area (Å²) < 4.78 is 27.9. The monoisotopic (exact) mass is 457 g/mol. The van der Waals surface area contributed by atoms with E-state index in [1.54, 1.807) is 23.2 Å². The third kappa shape index (κ3) is 4.04. The third-order valence-corrected chi connectivity index (χ3v) is 6.97. The average molecular weight is 458 g/mol. The Morgan fingerprint density at radius 2 is 1.82 bits per heavy atom. The summed E-state index contributed by atoms with van der Waals surface area (Å²) in [5.74, 6) is 0.586. The van der Waals surface area contributed by atoms with Crippen LogP contribution >= 0.6 is 0 Å².